The molecule has 1 rings (SSSR count). The minimum atomic E-state index is -0.965. The van der Waals surface area contributed by atoms with Crippen LogP contribution in [0.5, 0.6) is 0 Å². The van der Waals surface area contributed by atoms with E-state index in [1.54, 1.807) is 24.3 Å². The first-order chi connectivity index (χ1) is 5.75. The SMILES string of the molecule is C=CCc1cccc[n+]1C(=O)O.[OH-]. The first-order valence-corrected chi connectivity index (χ1v) is 3.59. The van der Waals surface area contributed by atoms with Gasteiger partial charge in [0.15, 0.2) is 11.9 Å². The monoisotopic (exact) mass is 181 g/mol. The lowest BCUT2D eigenvalue weighted by Crippen LogP contribution is -2.44. The standard InChI is InChI=1S/C9H9NO2.H2O/c1-2-5-8-6-3-4-7-10(8)9(11)12;/h2-4,6-7H,1,5H2;1H2. The van der Waals surface area contributed by atoms with Crippen LogP contribution in [0, 0.1) is 0 Å². The molecule has 0 saturated carbocycles. The van der Waals surface area contributed by atoms with Crippen LogP contribution < -0.4 is 4.57 Å². The van der Waals surface area contributed by atoms with Gasteiger partial charge in [-0.05, 0) is 0 Å². The molecule has 4 heteroatoms. The summed E-state index contributed by atoms with van der Waals surface area (Å²) >= 11 is 0. The van der Waals surface area contributed by atoms with Crippen molar-refractivity contribution in [1.82, 2.24) is 0 Å². The van der Waals surface area contributed by atoms with Crippen molar-refractivity contribution in [2.24, 2.45) is 0 Å². The van der Waals surface area contributed by atoms with Gasteiger partial charge < -0.3 is 10.6 Å². The molecule has 0 unspecified atom stereocenters. The van der Waals surface area contributed by atoms with E-state index in [0.29, 0.717) is 6.42 Å². The highest BCUT2D eigenvalue weighted by Crippen LogP contribution is 1.92. The van der Waals surface area contributed by atoms with Crippen molar-refractivity contribution >= 4 is 6.09 Å². The lowest BCUT2D eigenvalue weighted by molar-refractivity contribution is -0.592. The van der Waals surface area contributed by atoms with Crippen LogP contribution in [-0.2, 0) is 6.42 Å². The summed E-state index contributed by atoms with van der Waals surface area (Å²) in [6, 6.07) is 5.24. The van der Waals surface area contributed by atoms with E-state index in [1.165, 1.54) is 10.8 Å². The molecule has 1 aromatic rings. The summed E-state index contributed by atoms with van der Waals surface area (Å²) in [6.07, 6.45) is 2.79. The van der Waals surface area contributed by atoms with E-state index in [-0.39, 0.29) is 5.48 Å². The predicted octanol–water partition coefficient (Wildman–Crippen LogP) is 1.05. The highest BCUT2D eigenvalue weighted by Gasteiger charge is 2.15. The van der Waals surface area contributed by atoms with Gasteiger partial charge in [-0.2, -0.15) is 4.79 Å². The Morgan fingerprint density at radius 1 is 1.62 bits per heavy atom. The highest BCUT2D eigenvalue weighted by molar-refractivity contribution is 5.54. The fourth-order valence-electron chi connectivity index (χ4n) is 0.979. The van der Waals surface area contributed by atoms with Crippen molar-refractivity contribution < 1.29 is 19.9 Å². The fourth-order valence-corrected chi connectivity index (χ4v) is 0.979. The third kappa shape index (κ3) is 2.68. The van der Waals surface area contributed by atoms with Crippen LogP contribution >= 0.6 is 0 Å². The van der Waals surface area contributed by atoms with Crippen LogP contribution in [0.15, 0.2) is 37.1 Å². The summed E-state index contributed by atoms with van der Waals surface area (Å²) in [5.74, 6) is 0. The van der Waals surface area contributed by atoms with Crippen LogP contribution in [0.1, 0.15) is 5.69 Å². The minimum absolute atomic E-state index is 0. The first-order valence-electron chi connectivity index (χ1n) is 3.59. The van der Waals surface area contributed by atoms with Crippen molar-refractivity contribution in [2.75, 3.05) is 0 Å². The smallest absolute Gasteiger partial charge is 0.599 e. The van der Waals surface area contributed by atoms with Crippen LogP contribution in [0.4, 0.5) is 4.79 Å². The van der Waals surface area contributed by atoms with Gasteiger partial charge in [-0.1, -0.05) is 16.7 Å². The lowest BCUT2D eigenvalue weighted by atomic mass is 10.2. The zero-order valence-corrected chi connectivity index (χ0v) is 7.05. The molecule has 4 nitrogen and oxygen atoms in total. The average molecular weight is 181 g/mol. The van der Waals surface area contributed by atoms with Crippen molar-refractivity contribution in [3.8, 4) is 0 Å². The van der Waals surface area contributed by atoms with Gasteiger partial charge in [0.25, 0.3) is 0 Å². The van der Waals surface area contributed by atoms with Gasteiger partial charge in [0.05, 0.1) is 6.42 Å². The molecule has 70 valence electrons. The lowest BCUT2D eigenvalue weighted by Gasteiger charge is -1.93. The first kappa shape index (κ1) is 11.3. The van der Waals surface area contributed by atoms with Gasteiger partial charge in [-0.3, -0.25) is 0 Å². The number of nitrogens with zero attached hydrogens (tertiary/aromatic N) is 1. The molecule has 0 atom stereocenters. The topological polar surface area (TPSA) is 71.2 Å². The maximum Gasteiger partial charge on any atom is 0.599 e. The second kappa shape index (κ2) is 5.05. The minimum Gasteiger partial charge on any atom is -0.870 e. The molecule has 0 aliphatic heterocycles. The summed E-state index contributed by atoms with van der Waals surface area (Å²) in [4.78, 5) is 10.6. The fraction of sp³-hybridized carbons (Fsp3) is 0.111. The molecular formula is C9H11NO3. The summed E-state index contributed by atoms with van der Waals surface area (Å²) in [5.41, 5.74) is 0.722. The van der Waals surface area contributed by atoms with Gasteiger partial charge in [0.2, 0.25) is 0 Å². The van der Waals surface area contributed by atoms with E-state index in [9.17, 15) is 4.79 Å². The van der Waals surface area contributed by atoms with Crippen LogP contribution in [0.3, 0.4) is 0 Å². The Bertz CT molecular complexity index is 309. The van der Waals surface area contributed by atoms with Crippen molar-refractivity contribution in [2.45, 2.75) is 6.42 Å². The van der Waals surface area contributed by atoms with Crippen molar-refractivity contribution in [1.29, 1.82) is 0 Å². The molecule has 1 aromatic heterocycles. The molecule has 0 aliphatic carbocycles. The third-order valence-electron chi connectivity index (χ3n) is 1.50. The molecule has 0 amide bonds. The van der Waals surface area contributed by atoms with Gasteiger partial charge >= 0.3 is 6.09 Å². The Morgan fingerprint density at radius 2 is 2.31 bits per heavy atom. The van der Waals surface area contributed by atoms with Gasteiger partial charge in [-0.15, -0.1) is 6.58 Å². The van der Waals surface area contributed by atoms with Crippen LogP contribution in [0.25, 0.3) is 0 Å². The van der Waals surface area contributed by atoms with Gasteiger partial charge in [-0.25, -0.2) is 0 Å². The number of carbonyl (C=O) groups is 1. The molecular weight excluding hydrogens is 170 g/mol. The number of allylic oxidation sites excluding steroid dienone is 1. The Labute approximate surface area is 76.1 Å². The Kier molecular flexibility index (Phi) is 4.40. The molecule has 1 heterocycles. The number of hydrogen-bond donors (Lipinski definition) is 1. The van der Waals surface area contributed by atoms with Crippen LogP contribution in [0.2, 0.25) is 0 Å². The van der Waals surface area contributed by atoms with E-state index >= 15 is 0 Å². The number of hydrogen-bond acceptors (Lipinski definition) is 2. The van der Waals surface area contributed by atoms with E-state index in [1.807, 2.05) is 0 Å². The second-order valence-electron chi connectivity index (χ2n) is 2.34. The second-order valence-corrected chi connectivity index (χ2v) is 2.34. The number of rotatable bonds is 2. The quantitative estimate of drug-likeness (QED) is 0.547. The average Bonchev–Trinajstić information content (AvgIpc) is 2.05. The molecule has 0 aromatic carbocycles. The highest BCUT2D eigenvalue weighted by atomic mass is 16.4. The molecule has 13 heavy (non-hydrogen) atoms. The molecule has 2 N–H and O–H groups in total. The Hall–Kier alpha value is -1.68. The zero-order valence-electron chi connectivity index (χ0n) is 7.05. The molecule has 0 aliphatic rings. The normalized spacial score (nSPS) is 8.62. The molecule has 0 spiro atoms. The van der Waals surface area contributed by atoms with Crippen LogP contribution in [-0.4, -0.2) is 16.7 Å². The Morgan fingerprint density at radius 3 is 2.85 bits per heavy atom. The summed E-state index contributed by atoms with van der Waals surface area (Å²) < 4.78 is 1.18. The van der Waals surface area contributed by atoms with E-state index < -0.39 is 6.09 Å². The molecule has 0 radical (unpaired) electrons. The Balaban J connectivity index is 0.00000144. The van der Waals surface area contributed by atoms with E-state index in [0.717, 1.165) is 5.69 Å². The largest absolute Gasteiger partial charge is 0.870 e. The van der Waals surface area contributed by atoms with E-state index in [2.05, 4.69) is 6.58 Å². The van der Waals surface area contributed by atoms with Crippen molar-refractivity contribution in [3.05, 3.63) is 42.7 Å². The summed E-state index contributed by atoms with van der Waals surface area (Å²) in [7, 11) is 0. The number of aromatic nitrogens is 1. The maximum atomic E-state index is 10.6. The summed E-state index contributed by atoms with van der Waals surface area (Å²) in [6.45, 7) is 3.55. The maximum absolute atomic E-state index is 10.6. The summed E-state index contributed by atoms with van der Waals surface area (Å²) in [5, 5.41) is 8.72. The van der Waals surface area contributed by atoms with Crippen molar-refractivity contribution in [3.63, 3.8) is 0 Å². The van der Waals surface area contributed by atoms with E-state index in [4.69, 9.17) is 5.11 Å². The molecule has 0 bridgehead atoms. The predicted molar refractivity (Wildman–Crippen MR) is 45.9 cm³/mol. The zero-order chi connectivity index (χ0) is 8.97. The number of carboxylic acid groups (broad SMARTS) is 1. The molecule has 0 saturated heterocycles. The molecule has 0 fully saturated rings. The van der Waals surface area contributed by atoms with Gasteiger partial charge in [0.1, 0.15) is 0 Å². The van der Waals surface area contributed by atoms with Gasteiger partial charge in [0, 0.05) is 12.1 Å². The number of pyridine rings is 1. The third-order valence-corrected chi connectivity index (χ3v) is 1.50.